The minimum atomic E-state index is -0.406. The summed E-state index contributed by atoms with van der Waals surface area (Å²) < 4.78 is 14.9. The number of aromatic amines is 1. The number of aromatic nitrogens is 3. The van der Waals surface area contributed by atoms with Gasteiger partial charge in [0.1, 0.15) is 11.6 Å². The third-order valence-corrected chi connectivity index (χ3v) is 5.23. The highest BCUT2D eigenvalue weighted by Crippen LogP contribution is 2.26. The molecule has 2 heterocycles. The van der Waals surface area contributed by atoms with E-state index in [4.69, 9.17) is 0 Å². The summed E-state index contributed by atoms with van der Waals surface area (Å²) in [6.45, 7) is 0.238. The zero-order chi connectivity index (χ0) is 18.8. The lowest BCUT2D eigenvalue weighted by Crippen LogP contribution is -2.28. The maximum atomic E-state index is 13.2. The number of halogens is 2. The number of rotatable bonds is 4. The van der Waals surface area contributed by atoms with Crippen molar-refractivity contribution in [2.24, 2.45) is 0 Å². The number of fused-ring (bicyclic) bond motifs is 1. The van der Waals surface area contributed by atoms with Gasteiger partial charge in [0.05, 0.1) is 28.7 Å². The minimum Gasteiger partial charge on any atom is -0.341 e. The highest BCUT2D eigenvalue weighted by Gasteiger charge is 2.09. The molecule has 0 aliphatic heterocycles. The molecule has 0 saturated heterocycles. The molecule has 2 amide bonds. The second-order valence-corrected chi connectivity index (χ2v) is 7.64. The fourth-order valence-corrected chi connectivity index (χ4v) is 3.64. The summed E-state index contributed by atoms with van der Waals surface area (Å²) in [5.74, 6) is 0.302. The van der Waals surface area contributed by atoms with E-state index in [1.807, 2.05) is 24.3 Å². The fraction of sp³-hybridized carbons (Fsp3) is 0.0556. The predicted octanol–water partition coefficient (Wildman–Crippen LogP) is 4.91. The van der Waals surface area contributed by atoms with Gasteiger partial charge in [-0.2, -0.15) is 0 Å². The molecule has 3 N–H and O–H groups in total. The molecular weight excluding hydrogens is 433 g/mol. The first-order valence-corrected chi connectivity index (χ1v) is 9.58. The van der Waals surface area contributed by atoms with Crippen molar-refractivity contribution in [2.75, 3.05) is 5.32 Å². The second-order valence-electron chi connectivity index (χ2n) is 5.69. The Balaban J connectivity index is 1.36. The van der Waals surface area contributed by atoms with E-state index in [0.29, 0.717) is 21.2 Å². The number of carbonyl (C=O) groups excluding carboxylic acids is 1. The number of nitrogens with zero attached hydrogens (tertiary/aromatic N) is 2. The van der Waals surface area contributed by atoms with Gasteiger partial charge in [-0.3, -0.25) is 5.32 Å². The van der Waals surface area contributed by atoms with Crippen LogP contribution in [0.5, 0.6) is 0 Å². The first-order chi connectivity index (χ1) is 13.1. The van der Waals surface area contributed by atoms with Crippen LogP contribution in [0.25, 0.3) is 21.5 Å². The molecular formula is C18H13BrFN5OS. The van der Waals surface area contributed by atoms with Crippen LogP contribution in [0.1, 0.15) is 5.82 Å². The number of H-pyrrole nitrogens is 1. The summed E-state index contributed by atoms with van der Waals surface area (Å²) in [7, 11) is 0. The highest BCUT2D eigenvalue weighted by molar-refractivity contribution is 9.10. The van der Waals surface area contributed by atoms with E-state index < -0.39 is 6.03 Å². The minimum absolute atomic E-state index is 0.238. The summed E-state index contributed by atoms with van der Waals surface area (Å²) in [4.78, 5) is 23.8. The molecule has 0 aliphatic carbocycles. The van der Waals surface area contributed by atoms with Crippen molar-refractivity contribution in [3.8, 4) is 11.3 Å². The van der Waals surface area contributed by atoms with Crippen molar-refractivity contribution in [1.82, 2.24) is 20.3 Å². The molecule has 0 aliphatic rings. The lowest BCUT2D eigenvalue weighted by Gasteiger charge is -2.03. The Bertz CT molecular complexity index is 1110. The summed E-state index contributed by atoms with van der Waals surface area (Å²) >= 11 is 4.62. The van der Waals surface area contributed by atoms with Crippen LogP contribution < -0.4 is 10.6 Å². The standard InChI is InChI=1S/C18H13BrFN5OS/c19-11-3-1-10(2-4-11)14-8-21-16(23-14)9-22-17(26)25-18-24-13-6-5-12(20)7-15(13)27-18/h1-8H,9H2,(H,21,23)(H2,22,24,25,26). The molecule has 27 heavy (non-hydrogen) atoms. The number of benzene rings is 2. The normalized spacial score (nSPS) is 10.9. The Morgan fingerprint density at radius 1 is 1.22 bits per heavy atom. The lowest BCUT2D eigenvalue weighted by atomic mass is 10.2. The maximum Gasteiger partial charge on any atom is 0.321 e. The van der Waals surface area contributed by atoms with Crippen LogP contribution in [0.2, 0.25) is 0 Å². The van der Waals surface area contributed by atoms with Gasteiger partial charge in [-0.25, -0.2) is 19.2 Å². The first kappa shape index (κ1) is 17.6. The summed E-state index contributed by atoms with van der Waals surface area (Å²) in [6, 6.07) is 11.7. The molecule has 0 bridgehead atoms. The Morgan fingerprint density at radius 3 is 2.85 bits per heavy atom. The van der Waals surface area contributed by atoms with Crippen LogP contribution in [0, 0.1) is 5.82 Å². The van der Waals surface area contributed by atoms with Gasteiger partial charge in [-0.1, -0.05) is 39.4 Å². The molecule has 0 unspecified atom stereocenters. The monoisotopic (exact) mass is 445 g/mol. The number of amides is 2. The van der Waals surface area contributed by atoms with Crippen molar-refractivity contribution < 1.29 is 9.18 Å². The van der Waals surface area contributed by atoms with E-state index >= 15 is 0 Å². The van der Waals surface area contributed by atoms with Gasteiger partial charge < -0.3 is 10.3 Å². The molecule has 0 radical (unpaired) electrons. The summed E-state index contributed by atoms with van der Waals surface area (Å²) in [5, 5.41) is 5.78. The largest absolute Gasteiger partial charge is 0.341 e. The molecule has 0 fully saturated rings. The molecule has 0 spiro atoms. The zero-order valence-corrected chi connectivity index (χ0v) is 16.2. The maximum absolute atomic E-state index is 13.2. The van der Waals surface area contributed by atoms with Crippen LogP contribution in [-0.2, 0) is 6.54 Å². The average Bonchev–Trinajstić information content (AvgIpc) is 3.26. The van der Waals surface area contributed by atoms with E-state index in [9.17, 15) is 9.18 Å². The topological polar surface area (TPSA) is 82.7 Å². The van der Waals surface area contributed by atoms with Crippen LogP contribution >= 0.6 is 27.3 Å². The smallest absolute Gasteiger partial charge is 0.321 e. The van der Waals surface area contributed by atoms with Crippen molar-refractivity contribution in [2.45, 2.75) is 6.54 Å². The highest BCUT2D eigenvalue weighted by atomic mass is 79.9. The lowest BCUT2D eigenvalue weighted by molar-refractivity contribution is 0.251. The van der Waals surface area contributed by atoms with Gasteiger partial charge in [-0.05, 0) is 35.9 Å². The number of imidazole rings is 1. The number of urea groups is 1. The number of carbonyl (C=O) groups is 1. The van der Waals surface area contributed by atoms with Crippen LogP contribution in [0.3, 0.4) is 0 Å². The van der Waals surface area contributed by atoms with Crippen LogP contribution in [0.15, 0.2) is 53.1 Å². The van der Waals surface area contributed by atoms with E-state index in [2.05, 4.69) is 41.5 Å². The number of anilines is 1. The molecule has 6 nitrogen and oxygen atoms in total. The first-order valence-electron chi connectivity index (χ1n) is 7.97. The molecule has 0 saturated carbocycles. The Labute approximate surface area is 166 Å². The van der Waals surface area contributed by atoms with Crippen molar-refractivity contribution >= 4 is 48.6 Å². The molecule has 2 aromatic carbocycles. The van der Waals surface area contributed by atoms with Gasteiger partial charge >= 0.3 is 6.03 Å². The Morgan fingerprint density at radius 2 is 2.04 bits per heavy atom. The third-order valence-electron chi connectivity index (χ3n) is 3.77. The van der Waals surface area contributed by atoms with Crippen LogP contribution in [-0.4, -0.2) is 21.0 Å². The SMILES string of the molecule is O=C(NCc1ncc(-c2ccc(Br)cc2)[nH]1)Nc1nc2ccc(F)cc2s1. The molecule has 136 valence electrons. The predicted molar refractivity (Wildman–Crippen MR) is 107 cm³/mol. The van der Waals surface area contributed by atoms with Crippen molar-refractivity contribution in [3.63, 3.8) is 0 Å². The fourth-order valence-electron chi connectivity index (χ4n) is 2.49. The number of nitrogens with one attached hydrogen (secondary N) is 3. The molecule has 2 aromatic heterocycles. The number of thiazole rings is 1. The van der Waals surface area contributed by atoms with Crippen molar-refractivity contribution in [1.29, 1.82) is 0 Å². The third kappa shape index (κ3) is 4.15. The van der Waals surface area contributed by atoms with Crippen LogP contribution in [0.4, 0.5) is 14.3 Å². The van der Waals surface area contributed by atoms with E-state index in [1.54, 1.807) is 12.3 Å². The number of hydrogen-bond acceptors (Lipinski definition) is 4. The van der Waals surface area contributed by atoms with Crippen molar-refractivity contribution in [3.05, 3.63) is 64.8 Å². The second kappa shape index (κ2) is 7.45. The van der Waals surface area contributed by atoms with Gasteiger partial charge in [0, 0.05) is 4.47 Å². The Hall–Kier alpha value is -2.78. The zero-order valence-electron chi connectivity index (χ0n) is 13.8. The van der Waals surface area contributed by atoms with Gasteiger partial charge in [-0.15, -0.1) is 0 Å². The van der Waals surface area contributed by atoms with E-state index in [0.717, 1.165) is 15.7 Å². The number of hydrogen-bond donors (Lipinski definition) is 3. The Kier molecular flexibility index (Phi) is 4.87. The van der Waals surface area contributed by atoms with Gasteiger partial charge in [0.25, 0.3) is 0 Å². The summed E-state index contributed by atoms with van der Waals surface area (Å²) in [5.41, 5.74) is 2.51. The van der Waals surface area contributed by atoms with Gasteiger partial charge in [0.2, 0.25) is 0 Å². The average molecular weight is 446 g/mol. The molecule has 9 heteroatoms. The summed E-state index contributed by atoms with van der Waals surface area (Å²) in [6.07, 6.45) is 1.72. The molecule has 0 atom stereocenters. The quantitative estimate of drug-likeness (QED) is 0.417. The van der Waals surface area contributed by atoms with E-state index in [-0.39, 0.29) is 12.4 Å². The van der Waals surface area contributed by atoms with E-state index in [1.165, 1.54) is 23.5 Å². The molecule has 4 aromatic rings. The van der Waals surface area contributed by atoms with Gasteiger partial charge in [0.15, 0.2) is 5.13 Å². The molecule has 4 rings (SSSR count).